The molecule has 0 aromatic carbocycles. The predicted octanol–water partition coefficient (Wildman–Crippen LogP) is 2.43. The van der Waals surface area contributed by atoms with Crippen molar-refractivity contribution in [2.75, 3.05) is 0 Å². The molecule has 2 rings (SSSR count). The summed E-state index contributed by atoms with van der Waals surface area (Å²) >= 11 is 0.969. The molecule has 0 radical (unpaired) electrons. The topological polar surface area (TPSA) is 106 Å². The normalized spacial score (nSPS) is 10.2. The smallest absolute Gasteiger partial charge is 0.371 e. The summed E-state index contributed by atoms with van der Waals surface area (Å²) in [6, 6.07) is 4.20. The van der Waals surface area contributed by atoms with Crippen molar-refractivity contribution in [2.24, 2.45) is 0 Å². The van der Waals surface area contributed by atoms with Crippen LogP contribution in [-0.4, -0.2) is 21.0 Å². The Balaban J connectivity index is 2.28. The summed E-state index contributed by atoms with van der Waals surface area (Å²) in [5.74, 6) is -1.40. The molecule has 0 atom stereocenters. The minimum atomic E-state index is -1.19. The molecular weight excluding hydrogens is 260 g/mol. The first-order valence-electron chi connectivity index (χ1n) is 4.67. The van der Waals surface area contributed by atoms with Gasteiger partial charge >= 0.3 is 11.7 Å². The van der Waals surface area contributed by atoms with Crippen molar-refractivity contribution in [1.29, 1.82) is 0 Å². The van der Waals surface area contributed by atoms with Gasteiger partial charge in [0.2, 0.25) is 5.76 Å². The van der Waals surface area contributed by atoms with Crippen molar-refractivity contribution < 1.29 is 19.2 Å². The van der Waals surface area contributed by atoms with Crippen LogP contribution in [0.25, 0.3) is 0 Å². The Kier molecular flexibility index (Phi) is 3.28. The van der Waals surface area contributed by atoms with E-state index in [0.717, 1.165) is 18.0 Å². The molecule has 0 aliphatic carbocycles. The highest BCUT2D eigenvalue weighted by molar-refractivity contribution is 7.99. The van der Waals surface area contributed by atoms with Gasteiger partial charge in [-0.05, 0) is 30.0 Å². The van der Waals surface area contributed by atoms with Gasteiger partial charge in [-0.25, -0.2) is 4.79 Å². The maximum Gasteiger partial charge on any atom is 0.371 e. The highest BCUT2D eigenvalue weighted by atomic mass is 32.2. The first-order valence-corrected chi connectivity index (χ1v) is 5.49. The van der Waals surface area contributed by atoms with Crippen molar-refractivity contribution in [1.82, 2.24) is 4.98 Å². The highest BCUT2D eigenvalue weighted by Gasteiger charge is 2.17. The molecule has 0 amide bonds. The third-order valence-electron chi connectivity index (χ3n) is 1.96. The first kappa shape index (κ1) is 12.1. The van der Waals surface area contributed by atoms with Crippen LogP contribution >= 0.6 is 11.8 Å². The van der Waals surface area contributed by atoms with Gasteiger partial charge in [0.1, 0.15) is 6.20 Å². The average Bonchev–Trinajstić information content (AvgIpc) is 2.78. The number of carboxylic acids is 1. The monoisotopic (exact) mass is 266 g/mol. The fraction of sp³-hybridized carbons (Fsp3) is 0. The number of nitro groups is 1. The number of aromatic carboxylic acids is 1. The van der Waals surface area contributed by atoms with Crippen LogP contribution in [-0.2, 0) is 0 Å². The summed E-state index contributed by atoms with van der Waals surface area (Å²) in [6.07, 6.45) is 2.54. The summed E-state index contributed by atoms with van der Waals surface area (Å²) < 4.78 is 5.00. The van der Waals surface area contributed by atoms with Crippen LogP contribution in [0.2, 0.25) is 0 Å². The maximum absolute atomic E-state index is 10.8. The molecule has 0 aliphatic rings. The quantitative estimate of drug-likeness (QED) is 0.668. The predicted molar refractivity (Wildman–Crippen MR) is 60.7 cm³/mol. The molecular formula is C10H6N2O5S. The number of rotatable bonds is 4. The highest BCUT2D eigenvalue weighted by Crippen LogP contribution is 2.34. The number of carbonyl (C=O) groups is 1. The summed E-state index contributed by atoms with van der Waals surface area (Å²) in [7, 11) is 0. The number of aromatic nitrogens is 1. The van der Waals surface area contributed by atoms with E-state index in [1.165, 1.54) is 24.4 Å². The molecule has 0 bridgehead atoms. The lowest BCUT2D eigenvalue weighted by Gasteiger charge is -1.98. The molecule has 7 nitrogen and oxygen atoms in total. The third-order valence-corrected chi connectivity index (χ3v) is 2.95. The van der Waals surface area contributed by atoms with Crippen molar-refractivity contribution in [2.45, 2.75) is 9.99 Å². The minimum absolute atomic E-state index is 0.157. The number of carboxylic acid groups (broad SMARTS) is 1. The number of furan rings is 1. The molecule has 0 unspecified atom stereocenters. The number of hydrogen-bond acceptors (Lipinski definition) is 6. The Labute approximate surface area is 105 Å². The molecule has 2 aromatic heterocycles. The van der Waals surface area contributed by atoms with Crippen molar-refractivity contribution in [3.8, 4) is 0 Å². The van der Waals surface area contributed by atoms with E-state index < -0.39 is 10.9 Å². The van der Waals surface area contributed by atoms with Gasteiger partial charge in [-0.1, -0.05) is 0 Å². The van der Waals surface area contributed by atoms with E-state index in [2.05, 4.69) is 4.98 Å². The van der Waals surface area contributed by atoms with E-state index in [0.29, 0.717) is 4.90 Å². The fourth-order valence-corrected chi connectivity index (χ4v) is 2.04. The third kappa shape index (κ3) is 2.48. The molecule has 8 heteroatoms. The molecule has 1 N–H and O–H groups in total. The van der Waals surface area contributed by atoms with E-state index in [4.69, 9.17) is 9.52 Å². The zero-order valence-corrected chi connectivity index (χ0v) is 9.59. The van der Waals surface area contributed by atoms with Crippen LogP contribution in [0.5, 0.6) is 0 Å². The van der Waals surface area contributed by atoms with E-state index in [-0.39, 0.29) is 16.5 Å². The lowest BCUT2D eigenvalue weighted by molar-refractivity contribution is -0.388. The van der Waals surface area contributed by atoms with Gasteiger partial charge < -0.3 is 9.52 Å². The molecule has 0 aliphatic heterocycles. The summed E-state index contributed by atoms with van der Waals surface area (Å²) in [4.78, 5) is 24.8. The Morgan fingerprint density at radius 2 is 2.22 bits per heavy atom. The molecule has 0 saturated heterocycles. The number of nitrogens with zero attached hydrogens (tertiary/aromatic N) is 2. The van der Waals surface area contributed by atoms with Gasteiger partial charge in [-0.2, -0.15) is 0 Å². The van der Waals surface area contributed by atoms with Crippen LogP contribution in [0.4, 0.5) is 5.69 Å². The SMILES string of the molecule is O=C(O)c1ccc(Sc2ccncc2[N+](=O)[O-])o1. The fourth-order valence-electron chi connectivity index (χ4n) is 1.20. The zero-order chi connectivity index (χ0) is 13.1. The second-order valence-electron chi connectivity index (χ2n) is 3.13. The molecule has 0 spiro atoms. The average molecular weight is 266 g/mol. The summed E-state index contributed by atoms with van der Waals surface area (Å²) in [5.41, 5.74) is -0.157. The van der Waals surface area contributed by atoms with E-state index in [1.54, 1.807) is 0 Å². The lowest BCUT2D eigenvalue weighted by Crippen LogP contribution is -1.92. The van der Waals surface area contributed by atoms with E-state index in [9.17, 15) is 14.9 Å². The Morgan fingerprint density at radius 3 is 2.83 bits per heavy atom. The molecule has 2 heterocycles. The molecule has 2 aromatic rings. The van der Waals surface area contributed by atoms with Crippen LogP contribution in [0.1, 0.15) is 10.6 Å². The van der Waals surface area contributed by atoms with Gasteiger partial charge in [0.25, 0.3) is 0 Å². The van der Waals surface area contributed by atoms with Crippen LogP contribution in [0.15, 0.2) is 45.0 Å². The van der Waals surface area contributed by atoms with Gasteiger partial charge in [0.15, 0.2) is 5.09 Å². The molecule has 18 heavy (non-hydrogen) atoms. The zero-order valence-electron chi connectivity index (χ0n) is 8.77. The van der Waals surface area contributed by atoms with E-state index >= 15 is 0 Å². The summed E-state index contributed by atoms with van der Waals surface area (Å²) in [5, 5.41) is 19.7. The Morgan fingerprint density at radius 1 is 1.44 bits per heavy atom. The van der Waals surface area contributed by atoms with Gasteiger partial charge in [0, 0.05) is 6.20 Å². The second-order valence-corrected chi connectivity index (χ2v) is 4.17. The van der Waals surface area contributed by atoms with E-state index in [1.807, 2.05) is 0 Å². The number of pyridine rings is 1. The summed E-state index contributed by atoms with van der Waals surface area (Å²) in [6.45, 7) is 0. The van der Waals surface area contributed by atoms with Gasteiger partial charge in [-0.3, -0.25) is 15.1 Å². The van der Waals surface area contributed by atoms with Gasteiger partial charge in [-0.15, -0.1) is 0 Å². The maximum atomic E-state index is 10.8. The van der Waals surface area contributed by atoms with Crippen molar-refractivity contribution in [3.05, 3.63) is 46.5 Å². The Bertz CT molecular complexity index is 610. The minimum Gasteiger partial charge on any atom is -0.475 e. The first-order chi connectivity index (χ1) is 8.58. The number of hydrogen-bond donors (Lipinski definition) is 1. The lowest BCUT2D eigenvalue weighted by atomic mass is 10.4. The second kappa shape index (κ2) is 4.88. The van der Waals surface area contributed by atoms with Crippen molar-refractivity contribution in [3.63, 3.8) is 0 Å². The van der Waals surface area contributed by atoms with Gasteiger partial charge in [0.05, 0.1) is 9.82 Å². The molecule has 0 saturated carbocycles. The van der Waals surface area contributed by atoms with Crippen LogP contribution in [0, 0.1) is 10.1 Å². The van der Waals surface area contributed by atoms with Crippen molar-refractivity contribution >= 4 is 23.4 Å². The standard InChI is InChI=1S/C10H6N2O5S/c13-10(14)7-1-2-9(17-7)18-8-3-4-11-5-6(8)12(15)16/h1-5H,(H,13,14). The van der Waals surface area contributed by atoms with Crippen LogP contribution in [0.3, 0.4) is 0 Å². The van der Waals surface area contributed by atoms with Crippen LogP contribution < -0.4 is 0 Å². The molecule has 0 fully saturated rings. The Hall–Kier alpha value is -2.35. The largest absolute Gasteiger partial charge is 0.475 e. The molecule has 92 valence electrons.